The first-order chi connectivity index (χ1) is 29.5. The Morgan fingerprint density at radius 3 is 2.44 bits per heavy atom. The van der Waals surface area contributed by atoms with Crippen LogP contribution in [0.2, 0.25) is 0 Å². The maximum Gasteiger partial charge on any atom is 0.512 e. The van der Waals surface area contributed by atoms with Gasteiger partial charge in [-0.15, -0.1) is 11.8 Å². The number of carbonyl (C=O) groups excluding carboxylic acids is 3. The molecule has 17 nitrogen and oxygen atoms in total. The van der Waals surface area contributed by atoms with Crippen LogP contribution in [0, 0.1) is 34.7 Å². The van der Waals surface area contributed by atoms with Crippen molar-refractivity contribution in [2.24, 2.45) is 5.92 Å². The van der Waals surface area contributed by atoms with Gasteiger partial charge in [-0.3, -0.25) is 9.35 Å². The molecule has 1 amide bonds. The standard InChI is InChI=1S/C40H42F3N5O12S2/c1-26(61-32-21-55-38(56-22-32)6-4-3-5-30-8-7-29(19-44)17-34(30)42)40(23-48-25-45-24-46-48,33-10-9-31(41)18-35(33)43)60-39(51)59-27(2)58-37(50)12-11-36(49)47-15-13-28(14-16-47)20-57-62(52,53)54/h3-12,17-18,24-28,32,38H,13-16,20-23H2,1-2H3,(H,52,53,54)/b5-3+,6-4+,12-11+/t26-,27?,32?,38?,40-/m1/s1. The molecule has 332 valence electrons. The molecule has 3 heterocycles. The van der Waals surface area contributed by atoms with Crippen LogP contribution in [0.25, 0.3) is 6.08 Å². The van der Waals surface area contributed by atoms with E-state index in [2.05, 4.69) is 14.3 Å². The minimum Gasteiger partial charge on any atom is -0.422 e. The summed E-state index contributed by atoms with van der Waals surface area (Å²) in [5, 5.41) is 11.8. The zero-order valence-electron chi connectivity index (χ0n) is 33.3. The average Bonchev–Trinajstić information content (AvgIpc) is 3.74. The highest BCUT2D eigenvalue weighted by molar-refractivity contribution is 8.00. The fourth-order valence-electron chi connectivity index (χ4n) is 6.41. The molecule has 2 aliphatic rings. The number of piperidine rings is 1. The van der Waals surface area contributed by atoms with Gasteiger partial charge in [0.15, 0.2) is 11.9 Å². The third-order valence-electron chi connectivity index (χ3n) is 9.53. The maximum atomic E-state index is 15.8. The molecule has 2 saturated heterocycles. The third kappa shape index (κ3) is 14.0. The van der Waals surface area contributed by atoms with Crippen molar-refractivity contribution in [3.8, 4) is 6.07 Å². The second kappa shape index (κ2) is 22.0. The lowest BCUT2D eigenvalue weighted by molar-refractivity contribution is -0.166. The summed E-state index contributed by atoms with van der Waals surface area (Å²) in [6.07, 6.45) is 7.61. The fourth-order valence-corrected chi connectivity index (χ4v) is 8.13. The number of nitriles is 1. The van der Waals surface area contributed by atoms with Gasteiger partial charge in [-0.25, -0.2) is 36.6 Å². The first kappa shape index (κ1) is 47.5. The van der Waals surface area contributed by atoms with Gasteiger partial charge in [-0.05, 0) is 56.0 Å². The molecule has 0 aliphatic carbocycles. The Morgan fingerprint density at radius 1 is 1.05 bits per heavy atom. The van der Waals surface area contributed by atoms with E-state index >= 15 is 4.39 Å². The number of benzene rings is 2. The second-order valence-corrected chi connectivity index (χ2v) is 16.7. The van der Waals surface area contributed by atoms with Crippen molar-refractivity contribution in [2.75, 3.05) is 32.9 Å². The molecule has 0 spiro atoms. The van der Waals surface area contributed by atoms with Crippen molar-refractivity contribution >= 4 is 46.3 Å². The fraction of sp³-hybridized carbons (Fsp3) is 0.400. The molecule has 5 rings (SSSR count). The van der Waals surface area contributed by atoms with Gasteiger partial charge in [0, 0.05) is 54.6 Å². The molecule has 2 fully saturated rings. The van der Waals surface area contributed by atoms with E-state index in [1.54, 1.807) is 25.2 Å². The quantitative estimate of drug-likeness (QED) is 0.0601. The summed E-state index contributed by atoms with van der Waals surface area (Å²) in [5.74, 6) is -4.31. The maximum absolute atomic E-state index is 15.8. The molecule has 3 atom stereocenters. The highest BCUT2D eigenvalue weighted by Gasteiger charge is 2.47. The molecule has 22 heteroatoms. The summed E-state index contributed by atoms with van der Waals surface area (Å²) < 4.78 is 108. The number of esters is 1. The van der Waals surface area contributed by atoms with Crippen LogP contribution in [-0.2, 0) is 60.0 Å². The normalized spacial score (nSPS) is 19.5. The lowest BCUT2D eigenvalue weighted by Gasteiger charge is -2.40. The van der Waals surface area contributed by atoms with Crippen molar-refractivity contribution in [3.05, 3.63) is 114 Å². The van der Waals surface area contributed by atoms with Gasteiger partial charge in [-0.1, -0.05) is 24.3 Å². The van der Waals surface area contributed by atoms with E-state index in [-0.39, 0.29) is 62.1 Å². The molecule has 62 heavy (non-hydrogen) atoms. The van der Waals surface area contributed by atoms with Crippen LogP contribution in [0.3, 0.4) is 0 Å². The number of likely N-dealkylation sites (tertiary alicyclic amines) is 1. The van der Waals surface area contributed by atoms with Crippen LogP contribution in [0.5, 0.6) is 0 Å². The smallest absolute Gasteiger partial charge is 0.422 e. The van der Waals surface area contributed by atoms with E-state index in [0.717, 1.165) is 30.4 Å². The van der Waals surface area contributed by atoms with Crippen LogP contribution in [0.15, 0.2) is 79.4 Å². The van der Waals surface area contributed by atoms with Gasteiger partial charge in [0.25, 0.3) is 0 Å². The minimum atomic E-state index is -4.59. The summed E-state index contributed by atoms with van der Waals surface area (Å²) in [5.41, 5.74) is -1.74. The summed E-state index contributed by atoms with van der Waals surface area (Å²) in [6, 6.07) is 8.73. The Kier molecular flexibility index (Phi) is 16.8. The van der Waals surface area contributed by atoms with Crippen molar-refractivity contribution in [3.63, 3.8) is 0 Å². The number of nitrogens with zero attached hydrogens (tertiary/aromatic N) is 5. The van der Waals surface area contributed by atoms with Crippen LogP contribution < -0.4 is 0 Å². The molecule has 0 saturated carbocycles. The molecule has 1 N–H and O–H groups in total. The molecule has 1 unspecified atom stereocenters. The van der Waals surface area contributed by atoms with Gasteiger partial charge in [0.1, 0.15) is 30.1 Å². The van der Waals surface area contributed by atoms with E-state index in [4.69, 9.17) is 33.5 Å². The first-order valence-electron chi connectivity index (χ1n) is 18.9. The highest BCUT2D eigenvalue weighted by Crippen LogP contribution is 2.42. The SMILES string of the molecule is CC(OC(=O)/C=C/C(=O)N1CCC(COS(=O)(=O)O)CC1)OC(=O)O[C@@](Cn1cncn1)(c1ccc(F)cc1F)[C@@H](C)SC1COC(/C=C/C=C/c2ccc(C#N)cc2F)OC1. The minimum absolute atomic E-state index is 0.126. The number of halogens is 3. The number of rotatable bonds is 17. The molecule has 2 aromatic carbocycles. The summed E-state index contributed by atoms with van der Waals surface area (Å²) in [7, 11) is -4.59. The molecular weight excluding hydrogens is 864 g/mol. The van der Waals surface area contributed by atoms with Gasteiger partial charge in [0.05, 0.1) is 43.2 Å². The Morgan fingerprint density at radius 2 is 1.79 bits per heavy atom. The van der Waals surface area contributed by atoms with Crippen LogP contribution in [0.4, 0.5) is 18.0 Å². The highest BCUT2D eigenvalue weighted by atomic mass is 32.3. The number of thioether (sulfide) groups is 1. The molecule has 1 aromatic heterocycles. The number of carbonyl (C=O) groups is 3. The van der Waals surface area contributed by atoms with Gasteiger partial charge in [0.2, 0.25) is 12.2 Å². The van der Waals surface area contributed by atoms with Crippen molar-refractivity contribution in [1.29, 1.82) is 5.26 Å². The predicted molar refractivity (Wildman–Crippen MR) is 213 cm³/mol. The zero-order chi connectivity index (χ0) is 44.9. The predicted octanol–water partition coefficient (Wildman–Crippen LogP) is 5.25. The third-order valence-corrected chi connectivity index (χ3v) is 11.4. The monoisotopic (exact) mass is 905 g/mol. The van der Waals surface area contributed by atoms with Crippen LogP contribution in [0.1, 0.15) is 43.4 Å². The second-order valence-electron chi connectivity index (χ2n) is 13.9. The molecule has 0 radical (unpaired) electrons. The Balaban J connectivity index is 1.22. The summed E-state index contributed by atoms with van der Waals surface area (Å²) >= 11 is 1.21. The number of allylic oxidation sites excluding steroid dienone is 2. The van der Waals surface area contributed by atoms with E-state index < -0.39 is 74.6 Å². The lowest BCUT2D eigenvalue weighted by atomic mass is 9.89. The molecule has 3 aromatic rings. The first-order valence-corrected chi connectivity index (χ1v) is 21.2. The number of ether oxygens (including phenoxy) is 5. The number of amides is 1. The molecular formula is C40H42F3N5O12S2. The van der Waals surface area contributed by atoms with Crippen molar-refractivity contribution in [2.45, 2.75) is 61.9 Å². The van der Waals surface area contributed by atoms with E-state index in [1.165, 1.54) is 59.1 Å². The van der Waals surface area contributed by atoms with Crippen LogP contribution >= 0.6 is 11.8 Å². The molecule has 0 bridgehead atoms. The van der Waals surface area contributed by atoms with E-state index in [9.17, 15) is 31.6 Å². The Hall–Kier alpha value is -5.57. The van der Waals surface area contributed by atoms with Gasteiger partial charge >= 0.3 is 22.5 Å². The van der Waals surface area contributed by atoms with Crippen molar-refractivity contribution in [1.82, 2.24) is 19.7 Å². The number of hydrogen-bond donors (Lipinski definition) is 1. The van der Waals surface area contributed by atoms with Gasteiger partial charge in [-0.2, -0.15) is 18.8 Å². The van der Waals surface area contributed by atoms with Crippen molar-refractivity contribution < 1.29 is 68.4 Å². The number of hydrogen-bond acceptors (Lipinski definition) is 15. The van der Waals surface area contributed by atoms with Crippen LogP contribution in [-0.4, -0.2) is 107 Å². The largest absolute Gasteiger partial charge is 0.512 e. The van der Waals surface area contributed by atoms with E-state index in [0.29, 0.717) is 18.9 Å². The number of aromatic nitrogens is 3. The summed E-state index contributed by atoms with van der Waals surface area (Å²) in [4.78, 5) is 44.1. The zero-order valence-corrected chi connectivity index (χ0v) is 34.9. The summed E-state index contributed by atoms with van der Waals surface area (Å²) in [6.45, 7) is 2.98. The average molecular weight is 906 g/mol. The lowest BCUT2D eigenvalue weighted by Crippen LogP contribution is -2.47. The topological polar surface area (TPSA) is 219 Å². The van der Waals surface area contributed by atoms with E-state index in [1.807, 2.05) is 6.07 Å². The Bertz CT molecular complexity index is 2280. The van der Waals surface area contributed by atoms with Gasteiger partial charge < -0.3 is 28.6 Å². The Labute approximate surface area is 359 Å². The molecule has 2 aliphatic heterocycles.